The molecule has 4 rings (SSSR count). The molecule has 0 saturated heterocycles. The van der Waals surface area contributed by atoms with Crippen molar-refractivity contribution in [1.82, 2.24) is 0 Å². The number of Topliss-reactive ketones (excluding diaryl/α,β-unsaturated/α-hetero) is 1. The standard InChI is InChI=1S/C22H22N2O5/c1-21(2,3)29-20(27)23-13-12-22(28)18(25)14-8-4-7-11-17(14)24(22)19(26)15-9-5-6-10-16(15)23/h4-11,28H,12-13H2,1-3H3/t22-/m1/s1. The molecule has 0 bridgehead atoms. The summed E-state index contributed by atoms with van der Waals surface area (Å²) in [5.41, 5.74) is -1.56. The SMILES string of the molecule is CC(C)(C)OC(=O)N1CC[C@@]2(O)C(=O)c3ccccc3N2C(=O)c2ccccc21. The summed E-state index contributed by atoms with van der Waals surface area (Å²) in [6.45, 7) is 5.25. The molecule has 2 aliphatic rings. The fourth-order valence-electron chi connectivity index (χ4n) is 3.78. The minimum atomic E-state index is -2.06. The maximum Gasteiger partial charge on any atom is 0.414 e. The quantitative estimate of drug-likeness (QED) is 0.740. The number of para-hydroxylation sites is 2. The molecule has 2 amide bonds. The highest BCUT2D eigenvalue weighted by atomic mass is 16.6. The number of hydrogen-bond donors (Lipinski definition) is 1. The lowest BCUT2D eigenvalue weighted by Crippen LogP contribution is -2.57. The summed E-state index contributed by atoms with van der Waals surface area (Å²) < 4.78 is 5.49. The Balaban J connectivity index is 1.85. The van der Waals surface area contributed by atoms with Gasteiger partial charge in [-0.05, 0) is 45.0 Å². The van der Waals surface area contributed by atoms with Crippen LogP contribution in [0.5, 0.6) is 0 Å². The van der Waals surface area contributed by atoms with Gasteiger partial charge in [0.1, 0.15) is 5.60 Å². The number of anilines is 2. The number of nitrogens with zero attached hydrogens (tertiary/aromatic N) is 2. The molecule has 2 aromatic carbocycles. The van der Waals surface area contributed by atoms with Crippen LogP contribution in [-0.4, -0.2) is 40.8 Å². The first-order chi connectivity index (χ1) is 13.6. The zero-order valence-corrected chi connectivity index (χ0v) is 16.5. The molecule has 0 saturated carbocycles. The van der Waals surface area contributed by atoms with Gasteiger partial charge in [0.25, 0.3) is 5.91 Å². The number of amides is 2. The highest BCUT2D eigenvalue weighted by molar-refractivity contribution is 6.24. The van der Waals surface area contributed by atoms with Gasteiger partial charge in [0.15, 0.2) is 0 Å². The molecule has 2 aliphatic heterocycles. The third-order valence-corrected chi connectivity index (χ3v) is 5.05. The lowest BCUT2D eigenvalue weighted by molar-refractivity contribution is 0.0278. The van der Waals surface area contributed by atoms with E-state index < -0.39 is 29.1 Å². The van der Waals surface area contributed by atoms with Crippen LogP contribution in [0.3, 0.4) is 0 Å². The third kappa shape index (κ3) is 2.98. The van der Waals surface area contributed by atoms with Crippen molar-refractivity contribution in [2.75, 3.05) is 16.3 Å². The number of aliphatic hydroxyl groups is 1. The van der Waals surface area contributed by atoms with Crippen LogP contribution in [0.25, 0.3) is 0 Å². The first kappa shape index (κ1) is 19.1. The number of benzene rings is 2. The number of ketones is 1. The predicted octanol–water partition coefficient (Wildman–Crippen LogP) is 3.36. The number of rotatable bonds is 0. The average molecular weight is 394 g/mol. The molecule has 0 spiro atoms. The van der Waals surface area contributed by atoms with Gasteiger partial charge < -0.3 is 9.84 Å². The van der Waals surface area contributed by atoms with E-state index in [0.717, 1.165) is 4.90 Å². The molecular weight excluding hydrogens is 372 g/mol. The molecule has 0 unspecified atom stereocenters. The molecular formula is C22H22N2O5. The van der Waals surface area contributed by atoms with Gasteiger partial charge in [-0.1, -0.05) is 24.3 Å². The van der Waals surface area contributed by atoms with Crippen LogP contribution in [0.1, 0.15) is 47.9 Å². The zero-order valence-electron chi connectivity index (χ0n) is 16.5. The normalized spacial score (nSPS) is 21.1. The second-order valence-electron chi connectivity index (χ2n) is 8.20. The van der Waals surface area contributed by atoms with E-state index >= 15 is 0 Å². The first-order valence-corrected chi connectivity index (χ1v) is 9.44. The Bertz CT molecular complexity index is 1030. The summed E-state index contributed by atoms with van der Waals surface area (Å²) in [6, 6.07) is 13.3. The number of hydrogen-bond acceptors (Lipinski definition) is 5. The maximum atomic E-state index is 13.5. The minimum Gasteiger partial charge on any atom is -0.443 e. The fraction of sp³-hybridized carbons (Fsp3) is 0.318. The van der Waals surface area contributed by atoms with Crippen LogP contribution in [-0.2, 0) is 4.74 Å². The van der Waals surface area contributed by atoms with Gasteiger partial charge in [-0.15, -0.1) is 0 Å². The molecule has 0 aromatic heterocycles. The van der Waals surface area contributed by atoms with E-state index in [1.807, 2.05) is 0 Å². The van der Waals surface area contributed by atoms with Crippen molar-refractivity contribution in [3.63, 3.8) is 0 Å². The minimum absolute atomic E-state index is 0.00589. The Morgan fingerprint density at radius 2 is 1.59 bits per heavy atom. The van der Waals surface area contributed by atoms with Crippen LogP contribution < -0.4 is 9.80 Å². The number of carbonyl (C=O) groups is 3. The average Bonchev–Trinajstić information content (AvgIpc) is 2.87. The predicted molar refractivity (Wildman–Crippen MR) is 107 cm³/mol. The van der Waals surface area contributed by atoms with E-state index in [4.69, 9.17) is 4.74 Å². The molecule has 1 N–H and O–H groups in total. The Morgan fingerprint density at radius 3 is 2.24 bits per heavy atom. The van der Waals surface area contributed by atoms with E-state index in [0.29, 0.717) is 11.4 Å². The van der Waals surface area contributed by atoms with E-state index in [9.17, 15) is 19.5 Å². The second kappa shape index (κ2) is 6.42. The number of carbonyl (C=O) groups excluding carboxylic acids is 3. The summed E-state index contributed by atoms with van der Waals surface area (Å²) in [5.74, 6) is -1.10. The van der Waals surface area contributed by atoms with Crippen molar-refractivity contribution in [2.45, 2.75) is 38.5 Å². The van der Waals surface area contributed by atoms with Gasteiger partial charge in [-0.2, -0.15) is 0 Å². The second-order valence-corrected chi connectivity index (χ2v) is 8.20. The smallest absolute Gasteiger partial charge is 0.414 e. The topological polar surface area (TPSA) is 87.2 Å². The Hall–Kier alpha value is -3.19. The highest BCUT2D eigenvalue weighted by Crippen LogP contribution is 2.43. The van der Waals surface area contributed by atoms with Gasteiger partial charge in [-0.3, -0.25) is 19.4 Å². The fourth-order valence-corrected chi connectivity index (χ4v) is 3.78. The first-order valence-electron chi connectivity index (χ1n) is 9.44. The largest absolute Gasteiger partial charge is 0.443 e. The molecule has 2 aromatic rings. The molecule has 7 nitrogen and oxygen atoms in total. The van der Waals surface area contributed by atoms with Crippen molar-refractivity contribution in [3.8, 4) is 0 Å². The molecule has 0 aliphatic carbocycles. The van der Waals surface area contributed by atoms with Crippen LogP contribution in [0.2, 0.25) is 0 Å². The Kier molecular flexibility index (Phi) is 4.24. The maximum absolute atomic E-state index is 13.5. The highest BCUT2D eigenvalue weighted by Gasteiger charge is 2.54. The Morgan fingerprint density at radius 1 is 1.00 bits per heavy atom. The van der Waals surface area contributed by atoms with Crippen molar-refractivity contribution < 1.29 is 24.2 Å². The van der Waals surface area contributed by atoms with Gasteiger partial charge in [0.05, 0.1) is 16.9 Å². The summed E-state index contributed by atoms with van der Waals surface area (Å²) in [4.78, 5) is 41.8. The molecule has 1 atom stereocenters. The summed E-state index contributed by atoms with van der Waals surface area (Å²) in [6.07, 6.45) is -0.780. The van der Waals surface area contributed by atoms with Crippen LogP contribution in [0.15, 0.2) is 48.5 Å². The van der Waals surface area contributed by atoms with E-state index in [-0.39, 0.29) is 24.1 Å². The third-order valence-electron chi connectivity index (χ3n) is 5.05. The lowest BCUT2D eigenvalue weighted by Gasteiger charge is -2.38. The van der Waals surface area contributed by atoms with E-state index in [1.54, 1.807) is 69.3 Å². The van der Waals surface area contributed by atoms with Crippen molar-refractivity contribution in [3.05, 3.63) is 59.7 Å². The van der Waals surface area contributed by atoms with Gasteiger partial charge >= 0.3 is 6.09 Å². The van der Waals surface area contributed by atoms with Crippen LogP contribution in [0.4, 0.5) is 16.2 Å². The molecule has 2 heterocycles. The molecule has 0 radical (unpaired) electrons. The lowest BCUT2D eigenvalue weighted by atomic mass is 9.99. The van der Waals surface area contributed by atoms with Gasteiger partial charge in [0, 0.05) is 18.5 Å². The van der Waals surface area contributed by atoms with E-state index in [2.05, 4.69) is 0 Å². The van der Waals surface area contributed by atoms with Gasteiger partial charge in [0.2, 0.25) is 11.5 Å². The van der Waals surface area contributed by atoms with E-state index in [1.165, 1.54) is 4.90 Å². The summed E-state index contributed by atoms with van der Waals surface area (Å²) in [7, 11) is 0. The number of ether oxygens (including phenoxy) is 1. The van der Waals surface area contributed by atoms with Crippen molar-refractivity contribution >= 4 is 29.2 Å². The van der Waals surface area contributed by atoms with Crippen LogP contribution in [0, 0.1) is 0 Å². The molecule has 29 heavy (non-hydrogen) atoms. The van der Waals surface area contributed by atoms with Gasteiger partial charge in [-0.25, -0.2) is 4.79 Å². The van der Waals surface area contributed by atoms with Crippen molar-refractivity contribution in [2.24, 2.45) is 0 Å². The summed E-state index contributed by atoms with van der Waals surface area (Å²) in [5, 5.41) is 11.3. The van der Waals surface area contributed by atoms with Crippen molar-refractivity contribution in [1.29, 1.82) is 0 Å². The number of fused-ring (bicyclic) bond motifs is 4. The monoisotopic (exact) mass is 394 g/mol. The zero-order chi connectivity index (χ0) is 21.0. The molecule has 150 valence electrons. The molecule has 0 fully saturated rings. The summed E-state index contributed by atoms with van der Waals surface area (Å²) >= 11 is 0. The Labute approximate surface area is 168 Å². The molecule has 7 heteroatoms. The van der Waals surface area contributed by atoms with Crippen LogP contribution >= 0.6 is 0 Å².